The molecule has 0 saturated heterocycles. The Balaban J connectivity index is 2.38. The first kappa shape index (κ1) is 10.8. The highest BCUT2D eigenvalue weighted by Crippen LogP contribution is 2.35. The second-order valence-electron chi connectivity index (χ2n) is 4.04. The number of carboxylic acid groups (broad SMARTS) is 1. The lowest BCUT2D eigenvalue weighted by Crippen LogP contribution is -2.37. The van der Waals surface area contributed by atoms with Gasteiger partial charge in [-0.25, -0.2) is 0 Å². The summed E-state index contributed by atoms with van der Waals surface area (Å²) < 4.78 is 5.68. The van der Waals surface area contributed by atoms with E-state index in [4.69, 9.17) is 15.6 Å². The van der Waals surface area contributed by atoms with Gasteiger partial charge in [0.1, 0.15) is 11.9 Å². The fraction of sp³-hybridized carbons (Fsp3) is 0.417. The molecule has 2 atom stereocenters. The van der Waals surface area contributed by atoms with Crippen LogP contribution in [0.4, 0.5) is 5.69 Å². The van der Waals surface area contributed by atoms with E-state index in [1.165, 1.54) is 0 Å². The molecule has 4 nitrogen and oxygen atoms in total. The molecule has 0 fully saturated rings. The monoisotopic (exact) mass is 221 g/mol. The molecule has 0 amide bonds. The predicted octanol–water partition coefficient (Wildman–Crippen LogP) is 1.68. The highest BCUT2D eigenvalue weighted by molar-refractivity contribution is 5.73. The summed E-state index contributed by atoms with van der Waals surface area (Å²) in [6.45, 7) is 1.93. The lowest BCUT2D eigenvalue weighted by molar-refractivity contribution is -0.145. The minimum absolute atomic E-state index is 0.258. The highest BCUT2D eigenvalue weighted by atomic mass is 16.5. The average Bonchev–Trinajstić information content (AvgIpc) is 2.27. The van der Waals surface area contributed by atoms with Crippen LogP contribution in [-0.4, -0.2) is 17.2 Å². The molecule has 0 aliphatic carbocycles. The van der Waals surface area contributed by atoms with Crippen LogP contribution in [-0.2, 0) is 11.2 Å². The first-order valence-corrected chi connectivity index (χ1v) is 5.40. The largest absolute Gasteiger partial charge is 0.489 e. The summed E-state index contributed by atoms with van der Waals surface area (Å²) in [5, 5.41) is 9.14. The summed E-state index contributed by atoms with van der Waals surface area (Å²) in [6, 6.07) is 5.43. The summed E-state index contributed by atoms with van der Waals surface area (Å²) >= 11 is 0. The maximum atomic E-state index is 11.1. The number of hydrogen-bond acceptors (Lipinski definition) is 3. The number of aliphatic carboxylic acids is 1. The van der Waals surface area contributed by atoms with E-state index in [2.05, 4.69) is 0 Å². The molecule has 1 aliphatic rings. The van der Waals surface area contributed by atoms with Crippen LogP contribution >= 0.6 is 0 Å². The van der Waals surface area contributed by atoms with Gasteiger partial charge in [0.25, 0.3) is 0 Å². The van der Waals surface area contributed by atoms with Gasteiger partial charge in [0, 0.05) is 11.3 Å². The van der Waals surface area contributed by atoms with E-state index in [-0.39, 0.29) is 6.10 Å². The number of fused-ring (bicyclic) bond motifs is 1. The van der Waals surface area contributed by atoms with Crippen molar-refractivity contribution in [3.63, 3.8) is 0 Å². The van der Waals surface area contributed by atoms with Crippen LogP contribution in [0.25, 0.3) is 0 Å². The molecule has 2 unspecified atom stereocenters. The summed E-state index contributed by atoms with van der Waals surface area (Å²) in [5.41, 5.74) is 7.25. The Hall–Kier alpha value is -1.71. The van der Waals surface area contributed by atoms with Crippen LogP contribution in [0.1, 0.15) is 18.9 Å². The second-order valence-corrected chi connectivity index (χ2v) is 4.04. The number of benzene rings is 1. The molecule has 2 rings (SSSR count). The van der Waals surface area contributed by atoms with Gasteiger partial charge in [0.15, 0.2) is 0 Å². The van der Waals surface area contributed by atoms with Gasteiger partial charge in [-0.3, -0.25) is 4.79 Å². The van der Waals surface area contributed by atoms with Gasteiger partial charge in [-0.05, 0) is 25.0 Å². The Morgan fingerprint density at radius 3 is 3.00 bits per heavy atom. The number of rotatable bonds is 2. The van der Waals surface area contributed by atoms with Crippen LogP contribution in [0.2, 0.25) is 0 Å². The molecular weight excluding hydrogens is 206 g/mol. The van der Waals surface area contributed by atoms with Gasteiger partial charge in [-0.2, -0.15) is 0 Å². The van der Waals surface area contributed by atoms with Crippen molar-refractivity contribution < 1.29 is 14.6 Å². The lowest BCUT2D eigenvalue weighted by atomic mass is 9.88. The summed E-state index contributed by atoms with van der Waals surface area (Å²) in [5.74, 6) is -0.590. The van der Waals surface area contributed by atoms with Crippen molar-refractivity contribution in [2.75, 3.05) is 5.73 Å². The molecular formula is C12H15NO3. The van der Waals surface area contributed by atoms with Crippen molar-refractivity contribution in [2.45, 2.75) is 25.9 Å². The van der Waals surface area contributed by atoms with E-state index in [0.717, 1.165) is 11.3 Å². The molecule has 0 radical (unpaired) electrons. The van der Waals surface area contributed by atoms with Crippen molar-refractivity contribution in [3.05, 3.63) is 23.8 Å². The number of carboxylic acids is 1. The Morgan fingerprint density at radius 2 is 2.38 bits per heavy atom. The number of carbonyl (C=O) groups is 1. The van der Waals surface area contributed by atoms with E-state index in [1.807, 2.05) is 19.1 Å². The van der Waals surface area contributed by atoms with Crippen LogP contribution in [0.5, 0.6) is 5.75 Å². The molecule has 1 aliphatic heterocycles. The minimum Gasteiger partial charge on any atom is -0.489 e. The highest BCUT2D eigenvalue weighted by Gasteiger charge is 2.34. The number of hydrogen-bond donors (Lipinski definition) is 2. The van der Waals surface area contributed by atoms with E-state index in [1.54, 1.807) is 6.07 Å². The standard InChI is InChI=1S/C12H15NO3/c1-2-10-8(12(14)15)6-7-9(13)4-3-5-11(7)16-10/h3-5,8,10H,2,6,13H2,1H3,(H,14,15). The number of nitrogen functional groups attached to an aromatic ring is 1. The fourth-order valence-electron chi connectivity index (χ4n) is 2.12. The van der Waals surface area contributed by atoms with E-state index in [9.17, 15) is 4.79 Å². The molecule has 4 heteroatoms. The molecule has 0 spiro atoms. The molecule has 0 aromatic heterocycles. The lowest BCUT2D eigenvalue weighted by Gasteiger charge is -2.31. The number of anilines is 1. The first-order chi connectivity index (χ1) is 7.63. The topological polar surface area (TPSA) is 72.5 Å². The smallest absolute Gasteiger partial charge is 0.310 e. The van der Waals surface area contributed by atoms with Crippen LogP contribution in [0.3, 0.4) is 0 Å². The van der Waals surface area contributed by atoms with Crippen molar-refractivity contribution in [1.29, 1.82) is 0 Å². The molecule has 3 N–H and O–H groups in total. The Kier molecular flexibility index (Phi) is 2.73. The van der Waals surface area contributed by atoms with Crippen molar-refractivity contribution in [1.82, 2.24) is 0 Å². The van der Waals surface area contributed by atoms with Gasteiger partial charge in [-0.15, -0.1) is 0 Å². The Bertz CT molecular complexity index is 417. The maximum Gasteiger partial charge on any atom is 0.310 e. The second kappa shape index (κ2) is 4.04. The predicted molar refractivity (Wildman–Crippen MR) is 60.4 cm³/mol. The summed E-state index contributed by atoms with van der Waals surface area (Å²) in [7, 11) is 0. The third kappa shape index (κ3) is 1.71. The molecule has 1 heterocycles. The molecule has 0 bridgehead atoms. The van der Waals surface area contributed by atoms with Crippen LogP contribution in [0.15, 0.2) is 18.2 Å². The zero-order valence-corrected chi connectivity index (χ0v) is 9.14. The number of nitrogens with two attached hydrogens (primary N) is 1. The first-order valence-electron chi connectivity index (χ1n) is 5.40. The van der Waals surface area contributed by atoms with E-state index >= 15 is 0 Å². The quantitative estimate of drug-likeness (QED) is 0.745. The average molecular weight is 221 g/mol. The molecule has 86 valence electrons. The van der Waals surface area contributed by atoms with Crippen molar-refractivity contribution in [3.8, 4) is 5.75 Å². The minimum atomic E-state index is -0.819. The molecule has 16 heavy (non-hydrogen) atoms. The van der Waals surface area contributed by atoms with Gasteiger partial charge in [-0.1, -0.05) is 13.0 Å². The SMILES string of the molecule is CCC1Oc2cccc(N)c2CC1C(=O)O. The van der Waals surface area contributed by atoms with Crippen molar-refractivity contribution in [2.24, 2.45) is 5.92 Å². The van der Waals surface area contributed by atoms with E-state index in [0.29, 0.717) is 18.5 Å². The summed E-state index contributed by atoms with van der Waals surface area (Å²) in [6.07, 6.45) is 0.882. The normalized spacial score (nSPS) is 23.3. The maximum absolute atomic E-state index is 11.1. The summed E-state index contributed by atoms with van der Waals surface area (Å²) in [4.78, 5) is 11.1. The zero-order valence-electron chi connectivity index (χ0n) is 9.14. The zero-order chi connectivity index (χ0) is 11.7. The molecule has 1 aromatic rings. The Morgan fingerprint density at radius 1 is 1.62 bits per heavy atom. The van der Waals surface area contributed by atoms with Crippen molar-refractivity contribution >= 4 is 11.7 Å². The number of ether oxygens (including phenoxy) is 1. The van der Waals surface area contributed by atoms with Crippen LogP contribution in [0, 0.1) is 5.92 Å². The van der Waals surface area contributed by atoms with Gasteiger partial charge >= 0.3 is 5.97 Å². The van der Waals surface area contributed by atoms with E-state index < -0.39 is 11.9 Å². The third-order valence-electron chi connectivity index (χ3n) is 3.04. The fourth-order valence-corrected chi connectivity index (χ4v) is 2.12. The van der Waals surface area contributed by atoms with Gasteiger partial charge < -0.3 is 15.6 Å². The molecule has 1 aromatic carbocycles. The third-order valence-corrected chi connectivity index (χ3v) is 3.04. The van der Waals surface area contributed by atoms with Gasteiger partial charge in [0.2, 0.25) is 0 Å². The van der Waals surface area contributed by atoms with Crippen LogP contribution < -0.4 is 10.5 Å². The Labute approximate surface area is 94.0 Å². The molecule has 0 saturated carbocycles. The van der Waals surface area contributed by atoms with Gasteiger partial charge in [0.05, 0.1) is 5.92 Å².